The molecule has 0 radical (unpaired) electrons. The second kappa shape index (κ2) is 8.52. The number of benzene rings is 3. The molecule has 28 heavy (non-hydrogen) atoms. The predicted molar refractivity (Wildman–Crippen MR) is 116 cm³/mol. The first-order valence-electron chi connectivity index (χ1n) is 10.1. The summed E-state index contributed by atoms with van der Waals surface area (Å²) in [5.74, 6) is 1.30. The molecule has 0 aliphatic rings. The molecule has 2 atom stereocenters. The summed E-state index contributed by atoms with van der Waals surface area (Å²) in [6, 6.07) is 20.7. The van der Waals surface area contributed by atoms with E-state index in [1.54, 1.807) is 12.1 Å². The molecule has 0 saturated heterocycles. The molecule has 2 N–H and O–H groups in total. The number of aromatic hydroxyl groups is 2. The number of hydrogen-bond donors (Lipinski definition) is 2. The van der Waals surface area contributed by atoms with Gasteiger partial charge in [0.25, 0.3) is 0 Å². The monoisotopic (exact) mass is 374 g/mol. The molecule has 0 amide bonds. The first kappa shape index (κ1) is 20.0. The van der Waals surface area contributed by atoms with E-state index in [4.69, 9.17) is 0 Å². The van der Waals surface area contributed by atoms with Crippen molar-refractivity contribution in [2.24, 2.45) is 0 Å². The zero-order chi connectivity index (χ0) is 20.3. The van der Waals surface area contributed by atoms with Crippen molar-refractivity contribution in [2.45, 2.75) is 52.4 Å². The summed E-state index contributed by atoms with van der Waals surface area (Å²) in [5, 5.41) is 19.7. The molecule has 0 heterocycles. The van der Waals surface area contributed by atoms with Crippen LogP contribution in [0.5, 0.6) is 11.5 Å². The number of aryl methyl sites for hydroxylation is 2. The van der Waals surface area contributed by atoms with Crippen molar-refractivity contribution in [3.8, 4) is 11.5 Å². The van der Waals surface area contributed by atoms with Crippen LogP contribution in [0.4, 0.5) is 0 Å². The Labute approximate surface area is 168 Å². The van der Waals surface area contributed by atoms with E-state index in [-0.39, 0.29) is 0 Å². The molecule has 146 valence electrons. The van der Waals surface area contributed by atoms with E-state index < -0.39 is 0 Å². The Kier molecular flexibility index (Phi) is 6.08. The number of rotatable bonds is 6. The molecule has 0 bridgehead atoms. The van der Waals surface area contributed by atoms with E-state index in [2.05, 4.69) is 50.2 Å². The average molecular weight is 375 g/mol. The van der Waals surface area contributed by atoms with Crippen LogP contribution in [0.3, 0.4) is 0 Å². The van der Waals surface area contributed by atoms with Gasteiger partial charge in [-0.15, -0.1) is 0 Å². The standard InChI is InChI=1S/C26H30O2/c1-5-23(21-10-12-25(27)17(3)14-21)19-8-7-9-20(16-19)24(6-2)22-11-13-26(28)18(4)15-22/h7-16,23-24,27-28H,5-6H2,1-4H3. The maximum absolute atomic E-state index is 9.87. The van der Waals surface area contributed by atoms with Crippen LogP contribution in [-0.2, 0) is 0 Å². The third-order valence-corrected chi connectivity index (χ3v) is 5.78. The zero-order valence-corrected chi connectivity index (χ0v) is 17.2. The van der Waals surface area contributed by atoms with Crippen molar-refractivity contribution in [3.63, 3.8) is 0 Å². The van der Waals surface area contributed by atoms with Gasteiger partial charge in [0.1, 0.15) is 11.5 Å². The summed E-state index contributed by atoms with van der Waals surface area (Å²) in [6.07, 6.45) is 2.01. The molecule has 0 aromatic heterocycles. The molecule has 0 aliphatic carbocycles. The fourth-order valence-corrected chi connectivity index (χ4v) is 4.11. The van der Waals surface area contributed by atoms with Crippen molar-refractivity contribution in [2.75, 3.05) is 0 Å². The molecule has 3 aromatic rings. The lowest BCUT2D eigenvalue weighted by molar-refractivity contribution is 0.470. The van der Waals surface area contributed by atoms with E-state index in [0.29, 0.717) is 23.3 Å². The second-order valence-corrected chi connectivity index (χ2v) is 7.68. The topological polar surface area (TPSA) is 40.5 Å². The highest BCUT2D eigenvalue weighted by Crippen LogP contribution is 2.35. The smallest absolute Gasteiger partial charge is 0.118 e. The van der Waals surface area contributed by atoms with Crippen LogP contribution in [0.15, 0.2) is 60.7 Å². The maximum Gasteiger partial charge on any atom is 0.118 e. The Bertz CT molecular complexity index is 884. The molecule has 2 unspecified atom stereocenters. The van der Waals surface area contributed by atoms with E-state index in [9.17, 15) is 10.2 Å². The van der Waals surface area contributed by atoms with Crippen LogP contribution in [0.25, 0.3) is 0 Å². The fraction of sp³-hybridized carbons (Fsp3) is 0.308. The highest BCUT2D eigenvalue weighted by Gasteiger charge is 2.17. The third-order valence-electron chi connectivity index (χ3n) is 5.78. The van der Waals surface area contributed by atoms with Gasteiger partial charge in [0.15, 0.2) is 0 Å². The van der Waals surface area contributed by atoms with Crippen molar-refractivity contribution < 1.29 is 10.2 Å². The summed E-state index contributed by atoms with van der Waals surface area (Å²) >= 11 is 0. The highest BCUT2D eigenvalue weighted by molar-refractivity contribution is 5.44. The molecule has 0 spiro atoms. The minimum atomic E-state index is 0.304. The van der Waals surface area contributed by atoms with Gasteiger partial charge in [-0.25, -0.2) is 0 Å². The maximum atomic E-state index is 9.87. The van der Waals surface area contributed by atoms with Gasteiger partial charge in [-0.05, 0) is 72.2 Å². The minimum absolute atomic E-state index is 0.304. The van der Waals surface area contributed by atoms with Crippen molar-refractivity contribution in [1.82, 2.24) is 0 Å². The van der Waals surface area contributed by atoms with Gasteiger partial charge in [-0.1, -0.05) is 62.4 Å². The van der Waals surface area contributed by atoms with Gasteiger partial charge in [0.05, 0.1) is 0 Å². The van der Waals surface area contributed by atoms with E-state index >= 15 is 0 Å². The van der Waals surface area contributed by atoms with E-state index in [1.807, 2.05) is 26.0 Å². The van der Waals surface area contributed by atoms with Crippen LogP contribution in [-0.4, -0.2) is 10.2 Å². The number of phenols is 2. The lowest BCUT2D eigenvalue weighted by atomic mass is 9.83. The second-order valence-electron chi connectivity index (χ2n) is 7.68. The quantitative estimate of drug-likeness (QED) is 0.498. The zero-order valence-electron chi connectivity index (χ0n) is 17.2. The Hall–Kier alpha value is -2.74. The van der Waals surface area contributed by atoms with Crippen molar-refractivity contribution >= 4 is 0 Å². The molecule has 0 fully saturated rings. The van der Waals surface area contributed by atoms with E-state index in [0.717, 1.165) is 24.0 Å². The van der Waals surface area contributed by atoms with Crippen LogP contribution < -0.4 is 0 Å². The van der Waals surface area contributed by atoms with Gasteiger partial charge >= 0.3 is 0 Å². The number of hydrogen-bond acceptors (Lipinski definition) is 2. The Balaban J connectivity index is 1.99. The van der Waals surface area contributed by atoms with Crippen molar-refractivity contribution in [1.29, 1.82) is 0 Å². The van der Waals surface area contributed by atoms with Gasteiger partial charge in [-0.2, -0.15) is 0 Å². The molecule has 2 heteroatoms. The summed E-state index contributed by atoms with van der Waals surface area (Å²) in [5.41, 5.74) is 6.92. The average Bonchev–Trinajstić information content (AvgIpc) is 2.69. The summed E-state index contributed by atoms with van der Waals surface area (Å²) in [4.78, 5) is 0. The van der Waals surface area contributed by atoms with E-state index in [1.165, 1.54) is 22.3 Å². The van der Waals surface area contributed by atoms with Gasteiger partial charge < -0.3 is 10.2 Å². The molecule has 3 rings (SSSR count). The van der Waals surface area contributed by atoms with Crippen LogP contribution >= 0.6 is 0 Å². The SMILES string of the molecule is CCC(c1cccc(C(CC)c2ccc(O)c(C)c2)c1)c1ccc(O)c(C)c1. The van der Waals surface area contributed by atoms with Gasteiger partial charge in [0.2, 0.25) is 0 Å². The first-order chi connectivity index (χ1) is 13.4. The summed E-state index contributed by atoms with van der Waals surface area (Å²) < 4.78 is 0. The molecule has 0 aliphatic heterocycles. The molecular formula is C26H30O2. The minimum Gasteiger partial charge on any atom is -0.508 e. The Morgan fingerprint density at radius 2 is 1.00 bits per heavy atom. The molecular weight excluding hydrogens is 344 g/mol. The Morgan fingerprint density at radius 3 is 1.36 bits per heavy atom. The Morgan fingerprint density at radius 1 is 0.607 bits per heavy atom. The van der Waals surface area contributed by atoms with Crippen molar-refractivity contribution in [3.05, 3.63) is 94.0 Å². The molecule has 0 saturated carbocycles. The first-order valence-corrected chi connectivity index (χ1v) is 10.1. The lowest BCUT2D eigenvalue weighted by Crippen LogP contribution is -2.04. The van der Waals surface area contributed by atoms with Gasteiger partial charge in [-0.3, -0.25) is 0 Å². The summed E-state index contributed by atoms with van der Waals surface area (Å²) in [7, 11) is 0. The highest BCUT2D eigenvalue weighted by atomic mass is 16.3. The normalized spacial score (nSPS) is 13.3. The summed E-state index contributed by atoms with van der Waals surface area (Å²) in [6.45, 7) is 8.31. The number of phenolic OH excluding ortho intramolecular Hbond substituents is 2. The molecule has 3 aromatic carbocycles. The largest absolute Gasteiger partial charge is 0.508 e. The van der Waals surface area contributed by atoms with Crippen LogP contribution in [0.1, 0.15) is 71.9 Å². The predicted octanol–water partition coefficient (Wildman–Crippen LogP) is 6.80. The molecule has 2 nitrogen and oxygen atoms in total. The van der Waals surface area contributed by atoms with Gasteiger partial charge in [0, 0.05) is 11.8 Å². The van der Waals surface area contributed by atoms with Crippen LogP contribution in [0, 0.1) is 13.8 Å². The lowest BCUT2D eigenvalue weighted by Gasteiger charge is -2.21. The fourth-order valence-electron chi connectivity index (χ4n) is 4.11. The van der Waals surface area contributed by atoms with Crippen LogP contribution in [0.2, 0.25) is 0 Å². The third kappa shape index (κ3) is 4.06.